The fraction of sp³-hybridized carbons (Fsp3) is 0.500. The first-order valence-electron chi connectivity index (χ1n) is 5.90. The zero-order valence-corrected chi connectivity index (χ0v) is 9.77. The van der Waals surface area contributed by atoms with E-state index in [2.05, 4.69) is 22.4 Å². The lowest BCUT2D eigenvalue weighted by atomic mass is 9.91. The highest BCUT2D eigenvalue weighted by atomic mass is 16.5. The molecule has 1 unspecified atom stereocenters. The van der Waals surface area contributed by atoms with Gasteiger partial charge < -0.3 is 14.3 Å². The van der Waals surface area contributed by atoms with Crippen molar-refractivity contribution in [2.45, 2.75) is 31.7 Å². The van der Waals surface area contributed by atoms with E-state index in [4.69, 9.17) is 8.94 Å². The fourth-order valence-electron chi connectivity index (χ4n) is 2.20. The van der Waals surface area contributed by atoms with Crippen LogP contribution in [0.2, 0.25) is 0 Å². The van der Waals surface area contributed by atoms with Crippen molar-refractivity contribution in [2.24, 2.45) is 0 Å². The van der Waals surface area contributed by atoms with Crippen LogP contribution >= 0.6 is 0 Å². The predicted molar refractivity (Wildman–Crippen MR) is 61.2 cm³/mol. The number of furan rings is 1. The van der Waals surface area contributed by atoms with E-state index in [0.29, 0.717) is 11.7 Å². The summed E-state index contributed by atoms with van der Waals surface area (Å²) in [6.45, 7) is 3.11. The van der Waals surface area contributed by atoms with Crippen molar-refractivity contribution < 1.29 is 8.94 Å². The molecule has 0 saturated carbocycles. The number of aromatic nitrogens is 2. The van der Waals surface area contributed by atoms with E-state index >= 15 is 0 Å². The first-order valence-corrected chi connectivity index (χ1v) is 5.90. The van der Waals surface area contributed by atoms with Crippen LogP contribution in [0.1, 0.15) is 32.1 Å². The van der Waals surface area contributed by atoms with Crippen LogP contribution in [0.25, 0.3) is 11.4 Å². The van der Waals surface area contributed by atoms with Gasteiger partial charge in [0.15, 0.2) is 0 Å². The minimum Gasteiger partial charge on any atom is -0.472 e. The Hall–Kier alpha value is -1.62. The quantitative estimate of drug-likeness (QED) is 0.862. The van der Waals surface area contributed by atoms with Gasteiger partial charge in [-0.1, -0.05) is 5.16 Å². The third kappa shape index (κ3) is 1.86. The summed E-state index contributed by atoms with van der Waals surface area (Å²) >= 11 is 0. The van der Waals surface area contributed by atoms with E-state index in [1.807, 2.05) is 6.07 Å². The highest BCUT2D eigenvalue weighted by molar-refractivity contribution is 5.51. The number of rotatable bonds is 2. The van der Waals surface area contributed by atoms with Gasteiger partial charge in [-0.3, -0.25) is 0 Å². The normalized spacial score (nSPS) is 25.0. The lowest BCUT2D eigenvalue weighted by molar-refractivity contribution is 0.207. The highest BCUT2D eigenvalue weighted by Crippen LogP contribution is 2.29. The molecule has 3 rings (SSSR count). The maximum absolute atomic E-state index is 5.37. The molecule has 2 aromatic rings. The first-order chi connectivity index (χ1) is 8.28. The smallest absolute Gasteiger partial charge is 0.246 e. The summed E-state index contributed by atoms with van der Waals surface area (Å²) in [6.07, 6.45) is 6.64. The SMILES string of the molecule is CC1(c2nc(-c3ccoc3)no2)CCCCN1. The number of nitrogens with one attached hydrogen (secondary N) is 1. The summed E-state index contributed by atoms with van der Waals surface area (Å²) in [5.41, 5.74) is 0.659. The Kier molecular flexibility index (Phi) is 2.48. The monoisotopic (exact) mass is 233 g/mol. The van der Waals surface area contributed by atoms with Crippen LogP contribution in [0, 0.1) is 0 Å². The van der Waals surface area contributed by atoms with Crippen molar-refractivity contribution in [3.63, 3.8) is 0 Å². The van der Waals surface area contributed by atoms with Crippen LogP contribution in [-0.2, 0) is 5.54 Å². The Morgan fingerprint density at radius 2 is 2.35 bits per heavy atom. The molecule has 0 spiro atoms. The molecule has 2 aromatic heterocycles. The average molecular weight is 233 g/mol. The van der Waals surface area contributed by atoms with Gasteiger partial charge in [-0.25, -0.2) is 0 Å². The van der Waals surface area contributed by atoms with E-state index in [-0.39, 0.29) is 5.54 Å². The van der Waals surface area contributed by atoms with E-state index in [0.717, 1.165) is 18.5 Å². The second kappa shape index (κ2) is 4.00. The van der Waals surface area contributed by atoms with Gasteiger partial charge in [-0.05, 0) is 38.8 Å². The molecule has 0 radical (unpaired) electrons. The topological polar surface area (TPSA) is 64.1 Å². The minimum atomic E-state index is -0.187. The van der Waals surface area contributed by atoms with Gasteiger partial charge in [-0.2, -0.15) is 4.98 Å². The lowest BCUT2D eigenvalue weighted by Crippen LogP contribution is -2.43. The summed E-state index contributed by atoms with van der Waals surface area (Å²) < 4.78 is 10.4. The van der Waals surface area contributed by atoms with E-state index in [1.54, 1.807) is 12.5 Å². The Balaban J connectivity index is 1.89. The molecule has 5 nitrogen and oxygen atoms in total. The van der Waals surface area contributed by atoms with Gasteiger partial charge in [-0.15, -0.1) is 0 Å². The Bertz CT molecular complexity index is 484. The molecule has 5 heteroatoms. The minimum absolute atomic E-state index is 0.187. The maximum atomic E-state index is 5.37. The standard InChI is InChI=1S/C12H15N3O2/c1-12(5-2-3-6-13-12)11-14-10(15-17-11)9-4-7-16-8-9/h4,7-8,13H,2-3,5-6H2,1H3. The van der Waals surface area contributed by atoms with Crippen LogP contribution in [0.15, 0.2) is 27.5 Å². The largest absolute Gasteiger partial charge is 0.472 e. The van der Waals surface area contributed by atoms with E-state index < -0.39 is 0 Å². The fourth-order valence-corrected chi connectivity index (χ4v) is 2.20. The number of hydrogen-bond acceptors (Lipinski definition) is 5. The summed E-state index contributed by atoms with van der Waals surface area (Å²) in [6, 6.07) is 1.82. The second-order valence-corrected chi connectivity index (χ2v) is 4.65. The van der Waals surface area contributed by atoms with Gasteiger partial charge in [0.2, 0.25) is 11.7 Å². The molecule has 0 aromatic carbocycles. The van der Waals surface area contributed by atoms with Crippen molar-refractivity contribution in [1.82, 2.24) is 15.5 Å². The van der Waals surface area contributed by atoms with Gasteiger partial charge in [0.05, 0.1) is 17.4 Å². The molecule has 1 fully saturated rings. The van der Waals surface area contributed by atoms with Crippen molar-refractivity contribution in [2.75, 3.05) is 6.54 Å². The Morgan fingerprint density at radius 3 is 3.06 bits per heavy atom. The average Bonchev–Trinajstić information content (AvgIpc) is 3.01. The van der Waals surface area contributed by atoms with Gasteiger partial charge in [0, 0.05) is 0 Å². The predicted octanol–water partition coefficient (Wildman–Crippen LogP) is 2.32. The molecule has 0 bridgehead atoms. The molecular formula is C12H15N3O2. The molecule has 3 heterocycles. The number of nitrogens with zero attached hydrogens (tertiary/aromatic N) is 2. The Labute approximate surface area is 99.2 Å². The third-order valence-corrected chi connectivity index (χ3v) is 3.30. The molecule has 1 aliphatic heterocycles. The Morgan fingerprint density at radius 1 is 1.41 bits per heavy atom. The van der Waals surface area contributed by atoms with Crippen LogP contribution in [-0.4, -0.2) is 16.7 Å². The number of hydrogen-bond donors (Lipinski definition) is 1. The van der Waals surface area contributed by atoms with Crippen LogP contribution in [0.4, 0.5) is 0 Å². The summed E-state index contributed by atoms with van der Waals surface area (Å²) in [4.78, 5) is 4.45. The van der Waals surface area contributed by atoms with Crippen molar-refractivity contribution in [1.29, 1.82) is 0 Å². The van der Waals surface area contributed by atoms with Crippen LogP contribution in [0.5, 0.6) is 0 Å². The van der Waals surface area contributed by atoms with Gasteiger partial charge in [0.25, 0.3) is 0 Å². The van der Waals surface area contributed by atoms with Crippen molar-refractivity contribution in [3.8, 4) is 11.4 Å². The summed E-state index contributed by atoms with van der Waals surface area (Å²) in [5.74, 6) is 1.25. The number of piperidine rings is 1. The van der Waals surface area contributed by atoms with Crippen molar-refractivity contribution in [3.05, 3.63) is 24.5 Å². The lowest BCUT2D eigenvalue weighted by Gasteiger charge is -2.31. The molecule has 17 heavy (non-hydrogen) atoms. The zero-order chi connectivity index (χ0) is 11.7. The summed E-state index contributed by atoms with van der Waals surface area (Å²) in [5, 5.41) is 7.44. The highest BCUT2D eigenvalue weighted by Gasteiger charge is 2.34. The molecule has 1 saturated heterocycles. The molecule has 90 valence electrons. The van der Waals surface area contributed by atoms with Gasteiger partial charge >= 0.3 is 0 Å². The summed E-state index contributed by atoms with van der Waals surface area (Å²) in [7, 11) is 0. The molecule has 0 aliphatic carbocycles. The zero-order valence-electron chi connectivity index (χ0n) is 9.77. The van der Waals surface area contributed by atoms with Crippen LogP contribution < -0.4 is 5.32 Å². The third-order valence-electron chi connectivity index (χ3n) is 3.30. The van der Waals surface area contributed by atoms with E-state index in [9.17, 15) is 0 Å². The maximum Gasteiger partial charge on any atom is 0.246 e. The van der Waals surface area contributed by atoms with Crippen molar-refractivity contribution >= 4 is 0 Å². The molecule has 1 atom stereocenters. The first kappa shape index (κ1) is 10.5. The molecule has 1 aliphatic rings. The van der Waals surface area contributed by atoms with Crippen LogP contribution in [0.3, 0.4) is 0 Å². The van der Waals surface area contributed by atoms with E-state index in [1.165, 1.54) is 12.8 Å². The molecular weight excluding hydrogens is 218 g/mol. The van der Waals surface area contributed by atoms with Gasteiger partial charge in [0.1, 0.15) is 6.26 Å². The molecule has 0 amide bonds. The molecule has 1 N–H and O–H groups in total. The second-order valence-electron chi connectivity index (χ2n) is 4.65.